The van der Waals surface area contributed by atoms with E-state index in [0.29, 0.717) is 12.1 Å². The highest BCUT2D eigenvalue weighted by molar-refractivity contribution is 9.11. The van der Waals surface area contributed by atoms with Gasteiger partial charge in [0.1, 0.15) is 5.92 Å². The summed E-state index contributed by atoms with van der Waals surface area (Å²) in [6, 6.07) is 3.90. The van der Waals surface area contributed by atoms with Crippen LogP contribution in [0.3, 0.4) is 0 Å². The smallest absolute Gasteiger partial charge is 0.315 e. The van der Waals surface area contributed by atoms with Crippen molar-refractivity contribution in [2.75, 3.05) is 7.11 Å². The van der Waals surface area contributed by atoms with E-state index in [0.717, 1.165) is 32.8 Å². The van der Waals surface area contributed by atoms with E-state index in [-0.39, 0.29) is 17.7 Å². The Morgan fingerprint density at radius 2 is 2.23 bits per heavy atom. The van der Waals surface area contributed by atoms with Gasteiger partial charge in [0.05, 0.1) is 10.9 Å². The quantitative estimate of drug-likeness (QED) is 0.796. The molecule has 22 heavy (non-hydrogen) atoms. The van der Waals surface area contributed by atoms with Crippen LogP contribution in [0.4, 0.5) is 0 Å². The maximum Gasteiger partial charge on any atom is 0.315 e. The van der Waals surface area contributed by atoms with Crippen molar-refractivity contribution in [1.29, 1.82) is 0 Å². The van der Waals surface area contributed by atoms with E-state index in [1.807, 2.05) is 12.1 Å². The number of rotatable bonds is 2. The summed E-state index contributed by atoms with van der Waals surface area (Å²) in [4.78, 5) is 25.8. The Kier molecular flexibility index (Phi) is 4.23. The average Bonchev–Trinajstić information content (AvgIpc) is 2.91. The summed E-state index contributed by atoms with van der Waals surface area (Å²) in [5.74, 6) is -1.13. The summed E-state index contributed by atoms with van der Waals surface area (Å²) in [6.45, 7) is 4.00. The Morgan fingerprint density at radius 1 is 1.45 bits per heavy atom. The number of methoxy groups -OCH3 is 1. The molecule has 1 N–H and O–H groups in total. The highest BCUT2D eigenvalue weighted by Gasteiger charge is 2.44. The van der Waals surface area contributed by atoms with Crippen LogP contribution < -0.4 is 5.32 Å². The summed E-state index contributed by atoms with van der Waals surface area (Å²) in [5.41, 5.74) is 2.24. The standard InChI is InChI=1S/C16H16BrNO3S/c1-8-13(16(20)21-2)15(11-6-7-12(17)22-11)14-9(18-8)4-3-5-10(14)19/h6-7,13,15,18H,1,3-5H2,2H3. The minimum absolute atomic E-state index is 0.115. The second-order valence-electron chi connectivity index (χ2n) is 5.44. The molecule has 3 rings (SSSR count). The van der Waals surface area contributed by atoms with Gasteiger partial charge >= 0.3 is 5.97 Å². The van der Waals surface area contributed by atoms with E-state index >= 15 is 0 Å². The second-order valence-corrected chi connectivity index (χ2v) is 7.93. The van der Waals surface area contributed by atoms with Gasteiger partial charge in [-0.25, -0.2) is 0 Å². The predicted octanol–water partition coefficient (Wildman–Crippen LogP) is 3.51. The number of ketones is 1. The van der Waals surface area contributed by atoms with Crippen molar-refractivity contribution in [1.82, 2.24) is 5.32 Å². The number of nitrogens with one attached hydrogen (secondary N) is 1. The first-order chi connectivity index (χ1) is 10.5. The van der Waals surface area contributed by atoms with Gasteiger partial charge in [-0.2, -0.15) is 0 Å². The first kappa shape index (κ1) is 15.5. The van der Waals surface area contributed by atoms with Gasteiger partial charge in [-0.3, -0.25) is 9.59 Å². The first-order valence-corrected chi connectivity index (χ1v) is 8.69. The van der Waals surface area contributed by atoms with E-state index in [2.05, 4.69) is 27.8 Å². The fourth-order valence-electron chi connectivity index (χ4n) is 3.20. The van der Waals surface area contributed by atoms with Gasteiger partial charge in [-0.05, 0) is 40.9 Å². The number of hydrogen-bond acceptors (Lipinski definition) is 5. The molecule has 116 valence electrons. The highest BCUT2D eigenvalue weighted by Crippen LogP contribution is 2.46. The number of esters is 1. The van der Waals surface area contributed by atoms with Crippen LogP contribution in [0.1, 0.15) is 30.1 Å². The number of thiophene rings is 1. The van der Waals surface area contributed by atoms with Gasteiger partial charge in [0, 0.05) is 34.2 Å². The van der Waals surface area contributed by atoms with Crippen LogP contribution in [0, 0.1) is 5.92 Å². The van der Waals surface area contributed by atoms with Crippen LogP contribution >= 0.6 is 27.3 Å². The van der Waals surface area contributed by atoms with Crippen molar-refractivity contribution in [3.05, 3.63) is 44.3 Å². The van der Waals surface area contributed by atoms with Crippen LogP contribution in [0.5, 0.6) is 0 Å². The molecule has 0 saturated heterocycles. The molecule has 0 saturated carbocycles. The number of carbonyl (C=O) groups is 2. The minimum atomic E-state index is -0.573. The van der Waals surface area contributed by atoms with Crippen molar-refractivity contribution in [3.63, 3.8) is 0 Å². The fraction of sp³-hybridized carbons (Fsp3) is 0.375. The van der Waals surface area contributed by atoms with E-state index in [1.165, 1.54) is 18.4 Å². The van der Waals surface area contributed by atoms with Gasteiger partial charge in [0.2, 0.25) is 0 Å². The van der Waals surface area contributed by atoms with Gasteiger partial charge in [-0.1, -0.05) is 6.58 Å². The average molecular weight is 382 g/mol. The molecular formula is C16H16BrNO3S. The molecule has 0 amide bonds. The van der Waals surface area contributed by atoms with Gasteiger partial charge in [0.25, 0.3) is 0 Å². The van der Waals surface area contributed by atoms with Gasteiger partial charge < -0.3 is 10.1 Å². The van der Waals surface area contributed by atoms with Crippen LogP contribution in [0.15, 0.2) is 39.5 Å². The van der Waals surface area contributed by atoms with Crippen LogP contribution in [-0.4, -0.2) is 18.9 Å². The summed E-state index contributed by atoms with van der Waals surface area (Å²) in [5, 5.41) is 3.18. The van der Waals surface area contributed by atoms with Crippen LogP contribution in [0.25, 0.3) is 0 Å². The Bertz CT molecular complexity index is 691. The molecule has 4 nitrogen and oxygen atoms in total. The molecule has 6 heteroatoms. The fourth-order valence-corrected chi connectivity index (χ4v) is 4.77. The molecule has 1 aromatic rings. The summed E-state index contributed by atoms with van der Waals surface area (Å²) in [7, 11) is 1.36. The van der Waals surface area contributed by atoms with Crippen LogP contribution in [-0.2, 0) is 14.3 Å². The number of hydrogen-bond donors (Lipinski definition) is 1. The molecule has 0 fully saturated rings. The van der Waals surface area contributed by atoms with Crippen molar-refractivity contribution in [3.8, 4) is 0 Å². The number of allylic oxidation sites excluding steroid dienone is 2. The summed E-state index contributed by atoms with van der Waals surface area (Å²) < 4.78 is 5.93. The summed E-state index contributed by atoms with van der Waals surface area (Å²) >= 11 is 4.99. The van der Waals surface area contributed by atoms with Gasteiger partial charge in [-0.15, -0.1) is 11.3 Å². The third-order valence-electron chi connectivity index (χ3n) is 4.14. The Morgan fingerprint density at radius 3 is 2.86 bits per heavy atom. The number of ether oxygens (including phenoxy) is 1. The van der Waals surface area contributed by atoms with E-state index in [9.17, 15) is 9.59 Å². The summed E-state index contributed by atoms with van der Waals surface area (Å²) in [6.07, 6.45) is 2.18. The topological polar surface area (TPSA) is 55.4 Å². The molecular weight excluding hydrogens is 366 g/mol. The molecule has 0 radical (unpaired) electrons. The molecule has 2 atom stereocenters. The molecule has 0 spiro atoms. The molecule has 0 bridgehead atoms. The zero-order valence-electron chi connectivity index (χ0n) is 12.1. The predicted molar refractivity (Wildman–Crippen MR) is 88.4 cm³/mol. The third kappa shape index (κ3) is 2.54. The van der Waals surface area contributed by atoms with Crippen molar-refractivity contribution >= 4 is 39.0 Å². The minimum Gasteiger partial charge on any atom is -0.468 e. The Hall–Kier alpha value is -1.40. The lowest BCUT2D eigenvalue weighted by molar-refractivity contribution is -0.144. The second kappa shape index (κ2) is 6.01. The van der Waals surface area contributed by atoms with Crippen molar-refractivity contribution in [2.24, 2.45) is 5.92 Å². The van der Waals surface area contributed by atoms with Gasteiger partial charge in [0.15, 0.2) is 5.78 Å². The number of Topliss-reactive ketones (excluding diaryl/α,β-unsaturated/α-hetero) is 1. The molecule has 2 unspecified atom stereocenters. The van der Waals surface area contributed by atoms with Crippen molar-refractivity contribution < 1.29 is 14.3 Å². The van der Waals surface area contributed by atoms with E-state index in [1.54, 1.807) is 0 Å². The maximum atomic E-state index is 12.5. The van der Waals surface area contributed by atoms with E-state index < -0.39 is 5.92 Å². The Balaban J connectivity index is 2.16. The molecule has 1 aliphatic heterocycles. The molecule has 2 heterocycles. The lowest BCUT2D eigenvalue weighted by Gasteiger charge is -2.37. The Labute approximate surface area is 141 Å². The van der Waals surface area contributed by atoms with Crippen LogP contribution in [0.2, 0.25) is 0 Å². The number of halogens is 1. The highest BCUT2D eigenvalue weighted by atomic mass is 79.9. The molecule has 2 aliphatic rings. The first-order valence-electron chi connectivity index (χ1n) is 7.08. The third-order valence-corrected chi connectivity index (χ3v) is 5.85. The zero-order chi connectivity index (χ0) is 15.9. The molecule has 1 aliphatic carbocycles. The zero-order valence-corrected chi connectivity index (χ0v) is 14.6. The normalized spacial score (nSPS) is 24.8. The number of carbonyl (C=O) groups excluding carboxylic acids is 2. The maximum absolute atomic E-state index is 12.5. The van der Waals surface area contributed by atoms with E-state index in [4.69, 9.17) is 4.74 Å². The molecule has 1 aromatic heterocycles. The largest absolute Gasteiger partial charge is 0.468 e. The lowest BCUT2D eigenvalue weighted by Crippen LogP contribution is -2.40. The SMILES string of the molecule is C=C1NC2=C(C(=O)CCC2)C(c2ccc(Br)s2)C1C(=O)OC. The monoisotopic (exact) mass is 381 g/mol. The molecule has 0 aromatic carbocycles. The lowest BCUT2D eigenvalue weighted by atomic mass is 9.74. The van der Waals surface area contributed by atoms with Crippen molar-refractivity contribution in [2.45, 2.75) is 25.2 Å².